The first-order chi connectivity index (χ1) is 9.06. The Bertz CT molecular complexity index is 386. The van der Waals surface area contributed by atoms with E-state index in [1.54, 1.807) is 0 Å². The van der Waals surface area contributed by atoms with E-state index in [9.17, 15) is 4.79 Å². The lowest BCUT2D eigenvalue weighted by molar-refractivity contribution is -0.122. The zero-order valence-electron chi connectivity index (χ0n) is 12.3. The lowest BCUT2D eigenvalue weighted by Gasteiger charge is -2.16. The van der Waals surface area contributed by atoms with E-state index in [0.29, 0.717) is 6.42 Å². The normalized spacial score (nSPS) is 13.9. The third kappa shape index (κ3) is 5.43. The first-order valence-electron chi connectivity index (χ1n) is 7.20. The van der Waals surface area contributed by atoms with Crippen LogP contribution in [0.3, 0.4) is 0 Å². The van der Waals surface area contributed by atoms with Gasteiger partial charge in [-0.15, -0.1) is 0 Å². The molecule has 2 unspecified atom stereocenters. The van der Waals surface area contributed by atoms with E-state index in [-0.39, 0.29) is 18.0 Å². The van der Waals surface area contributed by atoms with Crippen molar-refractivity contribution >= 4 is 5.91 Å². The molecule has 0 heterocycles. The average molecular weight is 262 g/mol. The summed E-state index contributed by atoms with van der Waals surface area (Å²) in [6.45, 7) is 6.22. The van der Waals surface area contributed by atoms with Crippen LogP contribution in [0.2, 0.25) is 0 Å². The highest BCUT2D eigenvalue weighted by Crippen LogP contribution is 2.14. The Labute approximate surface area is 116 Å². The van der Waals surface area contributed by atoms with Gasteiger partial charge in [0, 0.05) is 12.5 Å². The Morgan fingerprint density at radius 3 is 2.42 bits per heavy atom. The third-order valence-corrected chi connectivity index (χ3v) is 3.37. The maximum Gasteiger partial charge on any atom is 0.222 e. The van der Waals surface area contributed by atoms with Gasteiger partial charge in [-0.2, -0.15) is 0 Å². The number of carbonyl (C=O) groups excluding carboxylic acids is 1. The molecule has 0 radical (unpaired) electrons. The van der Waals surface area contributed by atoms with Gasteiger partial charge in [0.05, 0.1) is 6.04 Å². The molecule has 0 spiro atoms. The molecule has 106 valence electrons. The molecule has 1 aromatic rings. The van der Waals surface area contributed by atoms with Crippen molar-refractivity contribution in [1.82, 2.24) is 5.32 Å². The number of benzene rings is 1. The molecule has 0 aliphatic heterocycles. The molecule has 3 N–H and O–H groups in total. The predicted octanol–water partition coefficient (Wildman–Crippen LogP) is 2.94. The van der Waals surface area contributed by atoms with Crippen LogP contribution >= 0.6 is 0 Å². The second-order valence-corrected chi connectivity index (χ2v) is 5.14. The van der Waals surface area contributed by atoms with Crippen molar-refractivity contribution in [2.75, 3.05) is 0 Å². The van der Waals surface area contributed by atoms with Crippen LogP contribution in [0.4, 0.5) is 0 Å². The summed E-state index contributed by atoms with van der Waals surface area (Å²) in [6.07, 6.45) is 3.35. The lowest BCUT2D eigenvalue weighted by atomic mass is 10.0. The maximum absolute atomic E-state index is 11.8. The summed E-state index contributed by atoms with van der Waals surface area (Å²) < 4.78 is 0. The molecule has 0 saturated heterocycles. The Balaban J connectivity index is 2.48. The Morgan fingerprint density at radius 2 is 1.89 bits per heavy atom. The zero-order valence-corrected chi connectivity index (χ0v) is 12.3. The average Bonchev–Trinajstić information content (AvgIpc) is 2.38. The predicted molar refractivity (Wildman–Crippen MR) is 79.9 cm³/mol. The van der Waals surface area contributed by atoms with Gasteiger partial charge in [-0.05, 0) is 30.9 Å². The summed E-state index contributed by atoms with van der Waals surface area (Å²) in [7, 11) is 0. The highest BCUT2D eigenvalue weighted by atomic mass is 16.1. The Kier molecular flexibility index (Phi) is 6.57. The summed E-state index contributed by atoms with van der Waals surface area (Å²) in [5.41, 5.74) is 8.32. The summed E-state index contributed by atoms with van der Waals surface area (Å²) in [4.78, 5) is 11.8. The van der Waals surface area contributed by atoms with Gasteiger partial charge < -0.3 is 11.1 Å². The first kappa shape index (κ1) is 15.7. The summed E-state index contributed by atoms with van der Waals surface area (Å²) in [5, 5.41) is 3.00. The van der Waals surface area contributed by atoms with Crippen LogP contribution in [-0.2, 0) is 11.2 Å². The van der Waals surface area contributed by atoms with Crippen molar-refractivity contribution in [2.24, 2.45) is 5.73 Å². The van der Waals surface area contributed by atoms with E-state index in [0.717, 1.165) is 24.8 Å². The minimum Gasteiger partial charge on any atom is -0.350 e. The van der Waals surface area contributed by atoms with Crippen LogP contribution in [0, 0.1) is 0 Å². The minimum atomic E-state index is -0.0281. The van der Waals surface area contributed by atoms with Crippen molar-refractivity contribution < 1.29 is 4.79 Å². The van der Waals surface area contributed by atoms with Crippen molar-refractivity contribution in [3.05, 3.63) is 35.4 Å². The first-order valence-corrected chi connectivity index (χ1v) is 7.20. The van der Waals surface area contributed by atoms with Gasteiger partial charge in [0.15, 0.2) is 0 Å². The van der Waals surface area contributed by atoms with Gasteiger partial charge in [-0.3, -0.25) is 4.79 Å². The second-order valence-electron chi connectivity index (χ2n) is 5.14. The quantitative estimate of drug-likeness (QED) is 0.793. The van der Waals surface area contributed by atoms with Crippen LogP contribution in [0.5, 0.6) is 0 Å². The van der Waals surface area contributed by atoms with E-state index in [1.165, 1.54) is 5.56 Å². The molecular formula is C16H26N2O. The monoisotopic (exact) mass is 262 g/mol. The minimum absolute atomic E-state index is 0.0281. The van der Waals surface area contributed by atoms with Crippen LogP contribution in [0.15, 0.2) is 24.3 Å². The number of nitrogens with one attached hydrogen (secondary N) is 1. The molecule has 0 fully saturated rings. The van der Waals surface area contributed by atoms with Crippen molar-refractivity contribution in [3.63, 3.8) is 0 Å². The Morgan fingerprint density at radius 1 is 1.26 bits per heavy atom. The number of hydrogen-bond donors (Lipinski definition) is 2. The molecule has 19 heavy (non-hydrogen) atoms. The van der Waals surface area contributed by atoms with Crippen molar-refractivity contribution in [2.45, 2.75) is 58.5 Å². The van der Waals surface area contributed by atoms with Gasteiger partial charge in [0.25, 0.3) is 0 Å². The van der Waals surface area contributed by atoms with Crippen LogP contribution < -0.4 is 11.1 Å². The van der Waals surface area contributed by atoms with E-state index in [1.807, 2.05) is 6.92 Å². The second kappa shape index (κ2) is 7.95. The molecule has 3 nitrogen and oxygen atoms in total. The number of aryl methyl sites for hydroxylation is 1. The molecule has 1 aromatic carbocycles. The molecule has 1 amide bonds. The van der Waals surface area contributed by atoms with Crippen LogP contribution in [-0.4, -0.2) is 11.9 Å². The zero-order chi connectivity index (χ0) is 14.3. The number of hydrogen-bond acceptors (Lipinski definition) is 2. The van der Waals surface area contributed by atoms with Gasteiger partial charge >= 0.3 is 0 Å². The molecular weight excluding hydrogens is 236 g/mol. The number of amides is 1. The fourth-order valence-electron chi connectivity index (χ4n) is 2.14. The number of rotatable bonds is 7. The fraction of sp³-hybridized carbons (Fsp3) is 0.562. The standard InChI is InChI=1S/C16H26N2O/c1-4-6-15(17)11-16(19)18-12(3)14-9-7-13(5-2)8-10-14/h7-10,12,15H,4-6,11,17H2,1-3H3,(H,18,19). The largest absolute Gasteiger partial charge is 0.350 e. The number of carbonyl (C=O) groups is 1. The molecule has 0 saturated carbocycles. The summed E-state index contributed by atoms with van der Waals surface area (Å²) in [5.74, 6) is 0.0352. The van der Waals surface area contributed by atoms with Gasteiger partial charge in [-0.1, -0.05) is 44.5 Å². The Hall–Kier alpha value is -1.35. The highest BCUT2D eigenvalue weighted by molar-refractivity contribution is 5.77. The summed E-state index contributed by atoms with van der Waals surface area (Å²) >= 11 is 0. The van der Waals surface area contributed by atoms with Gasteiger partial charge in [0.2, 0.25) is 5.91 Å². The maximum atomic E-state index is 11.8. The molecule has 2 atom stereocenters. The fourth-order valence-corrected chi connectivity index (χ4v) is 2.14. The van der Waals surface area contributed by atoms with Crippen LogP contribution in [0.25, 0.3) is 0 Å². The molecule has 3 heteroatoms. The molecule has 0 bridgehead atoms. The van der Waals surface area contributed by atoms with Crippen LogP contribution in [0.1, 0.15) is 57.2 Å². The molecule has 0 aliphatic carbocycles. The van der Waals surface area contributed by atoms with E-state index >= 15 is 0 Å². The molecule has 0 aromatic heterocycles. The molecule has 1 rings (SSSR count). The lowest BCUT2D eigenvalue weighted by Crippen LogP contribution is -2.33. The van der Waals surface area contributed by atoms with E-state index in [4.69, 9.17) is 5.73 Å². The number of nitrogens with two attached hydrogens (primary N) is 1. The van der Waals surface area contributed by atoms with Gasteiger partial charge in [0.1, 0.15) is 0 Å². The van der Waals surface area contributed by atoms with E-state index in [2.05, 4.69) is 43.4 Å². The summed E-state index contributed by atoms with van der Waals surface area (Å²) in [6, 6.07) is 8.39. The smallest absolute Gasteiger partial charge is 0.222 e. The SMILES string of the molecule is CCCC(N)CC(=O)NC(C)c1ccc(CC)cc1. The topological polar surface area (TPSA) is 55.1 Å². The van der Waals surface area contributed by atoms with Crippen molar-refractivity contribution in [1.29, 1.82) is 0 Å². The van der Waals surface area contributed by atoms with Crippen molar-refractivity contribution in [3.8, 4) is 0 Å². The molecule has 0 aliphatic rings. The third-order valence-electron chi connectivity index (χ3n) is 3.37. The van der Waals surface area contributed by atoms with E-state index < -0.39 is 0 Å². The van der Waals surface area contributed by atoms with Gasteiger partial charge in [-0.25, -0.2) is 0 Å². The highest BCUT2D eigenvalue weighted by Gasteiger charge is 2.12.